The summed E-state index contributed by atoms with van der Waals surface area (Å²) in [5.74, 6) is -1.69. The Morgan fingerprint density at radius 1 is 1.13 bits per heavy atom. The number of carboxylic acid groups (broad SMARTS) is 1. The van der Waals surface area contributed by atoms with Crippen LogP contribution in [0.1, 0.15) is 21.5 Å². The van der Waals surface area contributed by atoms with Crippen LogP contribution in [0.2, 0.25) is 10.0 Å². The number of amides is 2. The minimum atomic E-state index is -1.16. The first-order valence-electron chi connectivity index (χ1n) is 10.8. The van der Waals surface area contributed by atoms with Crippen molar-refractivity contribution in [2.45, 2.75) is 6.61 Å². The van der Waals surface area contributed by atoms with Crippen molar-refractivity contribution in [3.63, 3.8) is 0 Å². The lowest BCUT2D eigenvalue weighted by Gasteiger charge is -2.29. The second-order valence-electron chi connectivity index (χ2n) is 7.88. The van der Waals surface area contributed by atoms with Gasteiger partial charge in [0.05, 0.1) is 32.0 Å². The van der Waals surface area contributed by atoms with E-state index < -0.39 is 17.8 Å². The van der Waals surface area contributed by atoms with Crippen LogP contribution in [0.4, 0.5) is 5.69 Å². The van der Waals surface area contributed by atoms with E-state index in [1.165, 1.54) is 37.5 Å². The lowest BCUT2D eigenvalue weighted by atomic mass is 10.1. The molecule has 1 aliphatic rings. The van der Waals surface area contributed by atoms with Crippen molar-refractivity contribution in [1.29, 1.82) is 0 Å². The van der Waals surface area contributed by atoms with Gasteiger partial charge in [-0.15, -0.1) is 0 Å². The van der Waals surface area contributed by atoms with Crippen LogP contribution >= 0.6 is 58.0 Å². The summed E-state index contributed by atoms with van der Waals surface area (Å²) in [5.41, 5.74) is 1.29. The molecule has 12 heteroatoms. The maximum Gasteiger partial charge on any atom is 0.335 e. The zero-order chi connectivity index (χ0) is 27.6. The van der Waals surface area contributed by atoms with E-state index in [9.17, 15) is 19.5 Å². The van der Waals surface area contributed by atoms with Crippen LogP contribution in [0.5, 0.6) is 11.5 Å². The van der Waals surface area contributed by atoms with Gasteiger partial charge in [0.1, 0.15) is 12.2 Å². The number of thiocarbonyl (C=S) groups is 1. The number of ether oxygens (including phenoxy) is 2. The number of hydrogen-bond acceptors (Lipinski definition) is 6. The summed E-state index contributed by atoms with van der Waals surface area (Å²) in [6, 6.07) is 14.2. The van der Waals surface area contributed by atoms with Crippen LogP contribution < -0.4 is 19.7 Å². The van der Waals surface area contributed by atoms with E-state index in [2.05, 4.69) is 27.9 Å². The van der Waals surface area contributed by atoms with Crippen molar-refractivity contribution in [2.75, 3.05) is 12.0 Å². The molecule has 1 heterocycles. The molecule has 194 valence electrons. The minimum Gasteiger partial charge on any atom is -0.493 e. The predicted molar refractivity (Wildman–Crippen MR) is 156 cm³/mol. The molecular weight excluding hydrogens is 666 g/mol. The first-order valence-corrected chi connectivity index (χ1v) is 13.0. The third-order valence-corrected chi connectivity index (χ3v) is 7.21. The van der Waals surface area contributed by atoms with Crippen LogP contribution in [0.3, 0.4) is 0 Å². The molecule has 0 unspecified atom stereocenters. The van der Waals surface area contributed by atoms with Gasteiger partial charge >= 0.3 is 5.97 Å². The molecule has 8 nitrogen and oxygen atoms in total. The van der Waals surface area contributed by atoms with Gasteiger partial charge in [-0.25, -0.2) is 4.79 Å². The number of benzene rings is 3. The maximum atomic E-state index is 13.3. The van der Waals surface area contributed by atoms with Crippen molar-refractivity contribution in [3.05, 3.63) is 90.5 Å². The Morgan fingerprint density at radius 2 is 1.89 bits per heavy atom. The molecule has 38 heavy (non-hydrogen) atoms. The first kappa shape index (κ1) is 27.8. The molecule has 3 aromatic carbocycles. The van der Waals surface area contributed by atoms with E-state index in [1.807, 2.05) is 0 Å². The topological polar surface area (TPSA) is 105 Å². The Balaban J connectivity index is 1.64. The quantitative estimate of drug-likeness (QED) is 0.142. The summed E-state index contributed by atoms with van der Waals surface area (Å²) >= 11 is 19.3. The number of hydrogen-bond donors (Lipinski definition) is 2. The number of methoxy groups -OCH3 is 1. The highest BCUT2D eigenvalue weighted by Gasteiger charge is 2.35. The lowest BCUT2D eigenvalue weighted by Crippen LogP contribution is -2.54. The van der Waals surface area contributed by atoms with Gasteiger partial charge in [-0.2, -0.15) is 0 Å². The average molecular weight is 683 g/mol. The van der Waals surface area contributed by atoms with Gasteiger partial charge in [-0.1, -0.05) is 35.3 Å². The van der Waals surface area contributed by atoms with Gasteiger partial charge in [-0.3, -0.25) is 19.8 Å². The molecule has 0 aromatic heterocycles. The Morgan fingerprint density at radius 3 is 2.58 bits per heavy atom. The Hall–Kier alpha value is -3.19. The van der Waals surface area contributed by atoms with Crippen molar-refractivity contribution in [1.82, 2.24) is 5.32 Å². The van der Waals surface area contributed by atoms with Crippen molar-refractivity contribution in [3.8, 4) is 11.5 Å². The summed E-state index contributed by atoms with van der Waals surface area (Å²) < 4.78 is 12.1. The van der Waals surface area contributed by atoms with Crippen molar-refractivity contribution >= 4 is 92.7 Å². The summed E-state index contributed by atoms with van der Waals surface area (Å²) in [4.78, 5) is 38.5. The van der Waals surface area contributed by atoms with E-state index in [0.717, 1.165) is 10.5 Å². The molecule has 0 aliphatic carbocycles. The fourth-order valence-corrected chi connectivity index (χ4v) is 4.97. The summed E-state index contributed by atoms with van der Waals surface area (Å²) in [5, 5.41) is 12.5. The first-order chi connectivity index (χ1) is 18.1. The standard InChI is InChI=1S/C26H17Cl2IN2O6S/c1-36-21-10-14(9-20(29)22(21)37-12-13-5-6-18(27)19(28)8-13)7-17-23(32)30-26(38)31(24(17)33)16-4-2-3-15(11-16)25(34)35/h2-11H,12H2,1H3,(H,34,35)(H,30,32,38). The Labute approximate surface area is 246 Å². The second kappa shape index (κ2) is 11.7. The smallest absolute Gasteiger partial charge is 0.335 e. The van der Waals surface area contributed by atoms with Gasteiger partial charge in [0.15, 0.2) is 16.6 Å². The molecule has 1 aliphatic heterocycles. The molecule has 3 aromatic rings. The van der Waals surface area contributed by atoms with E-state index in [0.29, 0.717) is 30.7 Å². The monoisotopic (exact) mass is 682 g/mol. The maximum absolute atomic E-state index is 13.3. The molecule has 2 amide bonds. The van der Waals surface area contributed by atoms with Gasteiger partial charge in [-0.05, 0) is 94.5 Å². The van der Waals surface area contributed by atoms with E-state index in [-0.39, 0.29) is 28.5 Å². The fourth-order valence-electron chi connectivity index (χ4n) is 3.58. The predicted octanol–water partition coefficient (Wildman–Crippen LogP) is 5.72. The number of halogens is 3. The van der Waals surface area contributed by atoms with Gasteiger partial charge < -0.3 is 14.6 Å². The summed E-state index contributed by atoms with van der Waals surface area (Å²) in [7, 11) is 1.47. The number of nitrogens with one attached hydrogen (secondary N) is 1. The number of carboxylic acids is 1. The molecule has 1 saturated heterocycles. The van der Waals surface area contributed by atoms with Gasteiger partial charge in [0, 0.05) is 0 Å². The number of aromatic carboxylic acids is 1. The highest BCUT2D eigenvalue weighted by molar-refractivity contribution is 14.1. The molecule has 0 saturated carbocycles. The average Bonchev–Trinajstić information content (AvgIpc) is 2.87. The summed E-state index contributed by atoms with van der Waals surface area (Å²) in [6.45, 7) is 0.201. The summed E-state index contributed by atoms with van der Waals surface area (Å²) in [6.07, 6.45) is 1.40. The van der Waals surface area contributed by atoms with Crippen molar-refractivity contribution < 1.29 is 29.0 Å². The zero-order valence-corrected chi connectivity index (χ0v) is 23.9. The minimum absolute atomic E-state index is 0.0312. The highest BCUT2D eigenvalue weighted by atomic mass is 127. The molecule has 1 fully saturated rings. The number of nitrogens with zero attached hydrogens (tertiary/aromatic N) is 1. The third kappa shape index (κ3) is 5.93. The number of carbonyl (C=O) groups is 3. The van der Waals surface area contributed by atoms with Crippen LogP contribution in [0, 0.1) is 3.57 Å². The van der Waals surface area contributed by atoms with Crippen LogP contribution in [0.15, 0.2) is 60.2 Å². The van der Waals surface area contributed by atoms with Gasteiger partial charge in [0.25, 0.3) is 11.8 Å². The Bertz CT molecular complexity index is 1530. The fraction of sp³-hybridized carbons (Fsp3) is 0.0769. The Kier molecular flexibility index (Phi) is 8.56. The van der Waals surface area contributed by atoms with E-state index in [4.69, 9.17) is 44.9 Å². The molecular formula is C26H17Cl2IN2O6S. The number of carbonyl (C=O) groups excluding carboxylic acids is 2. The van der Waals surface area contributed by atoms with Crippen LogP contribution in [-0.4, -0.2) is 35.1 Å². The van der Waals surface area contributed by atoms with E-state index >= 15 is 0 Å². The molecule has 0 radical (unpaired) electrons. The SMILES string of the molecule is COc1cc(C=C2C(=O)NC(=S)N(c3cccc(C(=O)O)c3)C2=O)cc(I)c1OCc1ccc(Cl)c(Cl)c1. The molecule has 0 bridgehead atoms. The van der Waals surface area contributed by atoms with Crippen molar-refractivity contribution in [2.24, 2.45) is 0 Å². The molecule has 4 rings (SSSR count). The normalized spacial score (nSPS) is 14.5. The molecule has 0 atom stereocenters. The van der Waals surface area contributed by atoms with E-state index in [1.54, 1.807) is 30.3 Å². The second-order valence-corrected chi connectivity index (χ2v) is 10.2. The largest absolute Gasteiger partial charge is 0.493 e. The lowest BCUT2D eigenvalue weighted by molar-refractivity contribution is -0.122. The third-order valence-electron chi connectivity index (χ3n) is 5.38. The number of rotatable bonds is 7. The highest BCUT2D eigenvalue weighted by Crippen LogP contribution is 2.36. The van der Waals surface area contributed by atoms with Gasteiger partial charge in [0.2, 0.25) is 0 Å². The zero-order valence-electron chi connectivity index (χ0n) is 19.5. The molecule has 2 N–H and O–H groups in total. The number of anilines is 1. The van der Waals surface area contributed by atoms with Crippen LogP contribution in [0.25, 0.3) is 6.08 Å². The molecule has 0 spiro atoms. The van der Waals surface area contributed by atoms with Crippen LogP contribution in [-0.2, 0) is 16.2 Å².